The van der Waals surface area contributed by atoms with E-state index in [-0.39, 0.29) is 22.8 Å². The highest BCUT2D eigenvalue weighted by atomic mass is 35.5. The lowest BCUT2D eigenvalue weighted by atomic mass is 10.1. The molecule has 0 aliphatic carbocycles. The summed E-state index contributed by atoms with van der Waals surface area (Å²) < 4.78 is 29.4. The molecule has 0 bridgehead atoms. The van der Waals surface area contributed by atoms with Gasteiger partial charge in [0.25, 0.3) is 6.43 Å². The lowest BCUT2D eigenvalue weighted by Crippen LogP contribution is -2.11. The standard InChI is InChI=1S/C10H10ClF2NO2/c1-5-3-6(9(12)13)14-7(4-11)8(5)10(15)16-2/h3,9H,4H2,1-2H3. The second-order valence-electron chi connectivity index (χ2n) is 3.11. The second kappa shape index (κ2) is 5.21. The van der Waals surface area contributed by atoms with Gasteiger partial charge in [-0.25, -0.2) is 18.6 Å². The minimum Gasteiger partial charge on any atom is -0.465 e. The summed E-state index contributed by atoms with van der Waals surface area (Å²) in [4.78, 5) is 15.0. The summed E-state index contributed by atoms with van der Waals surface area (Å²) in [6.45, 7) is 1.54. The van der Waals surface area contributed by atoms with Crippen LogP contribution in [0, 0.1) is 6.92 Å². The number of hydrogen-bond acceptors (Lipinski definition) is 3. The van der Waals surface area contributed by atoms with Gasteiger partial charge in [0.15, 0.2) is 0 Å². The number of aromatic nitrogens is 1. The van der Waals surface area contributed by atoms with Crippen molar-refractivity contribution in [2.75, 3.05) is 7.11 Å². The monoisotopic (exact) mass is 249 g/mol. The van der Waals surface area contributed by atoms with Gasteiger partial charge in [0.05, 0.1) is 24.2 Å². The van der Waals surface area contributed by atoms with Gasteiger partial charge in [-0.05, 0) is 18.6 Å². The van der Waals surface area contributed by atoms with Crippen LogP contribution in [0.25, 0.3) is 0 Å². The minimum atomic E-state index is -2.69. The van der Waals surface area contributed by atoms with Crippen molar-refractivity contribution in [3.63, 3.8) is 0 Å². The number of rotatable bonds is 3. The topological polar surface area (TPSA) is 39.2 Å². The van der Waals surface area contributed by atoms with E-state index >= 15 is 0 Å². The number of methoxy groups -OCH3 is 1. The Kier molecular flexibility index (Phi) is 4.18. The Bertz CT molecular complexity index is 410. The molecule has 0 aliphatic rings. The second-order valence-corrected chi connectivity index (χ2v) is 3.38. The number of halogens is 3. The van der Waals surface area contributed by atoms with Gasteiger partial charge in [0, 0.05) is 0 Å². The first-order valence-electron chi connectivity index (χ1n) is 4.44. The number of alkyl halides is 3. The van der Waals surface area contributed by atoms with E-state index in [2.05, 4.69) is 9.72 Å². The Balaban J connectivity index is 3.34. The Morgan fingerprint density at radius 1 is 1.62 bits per heavy atom. The van der Waals surface area contributed by atoms with Crippen molar-refractivity contribution >= 4 is 17.6 Å². The van der Waals surface area contributed by atoms with Crippen molar-refractivity contribution in [1.82, 2.24) is 4.98 Å². The lowest BCUT2D eigenvalue weighted by molar-refractivity contribution is 0.0597. The van der Waals surface area contributed by atoms with E-state index in [9.17, 15) is 13.6 Å². The van der Waals surface area contributed by atoms with E-state index in [1.165, 1.54) is 14.0 Å². The van der Waals surface area contributed by atoms with Crippen molar-refractivity contribution in [3.8, 4) is 0 Å². The van der Waals surface area contributed by atoms with Gasteiger partial charge in [-0.2, -0.15) is 0 Å². The summed E-state index contributed by atoms with van der Waals surface area (Å²) in [5, 5.41) is 0. The van der Waals surface area contributed by atoms with Crippen LogP contribution >= 0.6 is 11.6 Å². The van der Waals surface area contributed by atoms with E-state index in [4.69, 9.17) is 11.6 Å². The molecule has 0 saturated heterocycles. The fraction of sp³-hybridized carbons (Fsp3) is 0.400. The molecule has 0 aromatic carbocycles. The van der Waals surface area contributed by atoms with Crippen LogP contribution in [0.2, 0.25) is 0 Å². The highest BCUT2D eigenvalue weighted by Crippen LogP contribution is 2.23. The third-order valence-corrected chi connectivity index (χ3v) is 2.30. The molecule has 6 heteroatoms. The van der Waals surface area contributed by atoms with Crippen LogP contribution in [0.1, 0.15) is 33.7 Å². The van der Waals surface area contributed by atoms with Crippen LogP contribution in [-0.2, 0) is 10.6 Å². The molecule has 1 rings (SSSR count). The molecular formula is C10H10ClF2NO2. The number of ether oxygens (including phenoxy) is 1. The van der Waals surface area contributed by atoms with Gasteiger partial charge < -0.3 is 4.74 Å². The Morgan fingerprint density at radius 2 is 2.25 bits per heavy atom. The number of pyridine rings is 1. The van der Waals surface area contributed by atoms with Gasteiger partial charge in [-0.15, -0.1) is 11.6 Å². The third kappa shape index (κ3) is 2.47. The fourth-order valence-corrected chi connectivity index (χ4v) is 1.55. The van der Waals surface area contributed by atoms with Crippen molar-refractivity contribution in [2.45, 2.75) is 19.2 Å². The van der Waals surface area contributed by atoms with E-state index in [0.29, 0.717) is 5.56 Å². The Morgan fingerprint density at radius 3 is 2.69 bits per heavy atom. The van der Waals surface area contributed by atoms with E-state index < -0.39 is 12.4 Å². The summed E-state index contributed by atoms with van der Waals surface area (Å²) in [6.07, 6.45) is -2.69. The maximum Gasteiger partial charge on any atom is 0.340 e. The molecule has 0 unspecified atom stereocenters. The van der Waals surface area contributed by atoms with E-state index in [1.54, 1.807) is 0 Å². The Hall–Kier alpha value is -1.23. The smallest absolute Gasteiger partial charge is 0.340 e. The predicted molar refractivity (Wildman–Crippen MR) is 54.8 cm³/mol. The summed E-state index contributed by atoms with van der Waals surface area (Å²) in [5.74, 6) is -0.743. The lowest BCUT2D eigenvalue weighted by Gasteiger charge is -2.10. The van der Waals surface area contributed by atoms with Crippen LogP contribution < -0.4 is 0 Å². The van der Waals surface area contributed by atoms with Gasteiger partial charge in [-0.3, -0.25) is 0 Å². The largest absolute Gasteiger partial charge is 0.465 e. The average molecular weight is 250 g/mol. The van der Waals surface area contributed by atoms with E-state index in [1.807, 2.05) is 0 Å². The summed E-state index contributed by atoms with van der Waals surface area (Å²) >= 11 is 5.57. The summed E-state index contributed by atoms with van der Waals surface area (Å²) in [5.41, 5.74) is 0.263. The Labute approximate surface area is 96.4 Å². The molecule has 0 aliphatic heterocycles. The van der Waals surface area contributed by atoms with Crippen LogP contribution in [-0.4, -0.2) is 18.1 Å². The molecule has 16 heavy (non-hydrogen) atoms. The van der Waals surface area contributed by atoms with Crippen molar-refractivity contribution in [1.29, 1.82) is 0 Å². The van der Waals surface area contributed by atoms with Crippen LogP contribution in [0.15, 0.2) is 6.07 Å². The summed E-state index contributed by atoms with van der Waals surface area (Å²) in [7, 11) is 1.21. The first-order chi connectivity index (χ1) is 7.51. The van der Waals surface area contributed by atoms with Crippen LogP contribution in [0.5, 0.6) is 0 Å². The number of esters is 1. The average Bonchev–Trinajstić information content (AvgIpc) is 2.26. The van der Waals surface area contributed by atoms with Crippen LogP contribution in [0.4, 0.5) is 8.78 Å². The van der Waals surface area contributed by atoms with Gasteiger partial charge in [0.1, 0.15) is 5.69 Å². The van der Waals surface area contributed by atoms with Gasteiger partial charge >= 0.3 is 5.97 Å². The predicted octanol–water partition coefficient (Wildman–Crippen LogP) is 2.85. The zero-order valence-corrected chi connectivity index (χ0v) is 9.52. The van der Waals surface area contributed by atoms with Gasteiger partial charge in [-0.1, -0.05) is 0 Å². The maximum absolute atomic E-state index is 12.5. The quantitative estimate of drug-likeness (QED) is 0.611. The molecule has 0 atom stereocenters. The molecule has 88 valence electrons. The number of aryl methyl sites for hydroxylation is 1. The number of carbonyl (C=O) groups excluding carboxylic acids is 1. The van der Waals surface area contributed by atoms with Gasteiger partial charge in [0.2, 0.25) is 0 Å². The van der Waals surface area contributed by atoms with Crippen molar-refractivity contribution in [3.05, 3.63) is 28.6 Å². The molecule has 0 saturated carbocycles. The fourth-order valence-electron chi connectivity index (χ4n) is 1.35. The molecule has 1 heterocycles. The number of hydrogen-bond donors (Lipinski definition) is 0. The molecular weight excluding hydrogens is 240 g/mol. The third-order valence-electron chi connectivity index (χ3n) is 2.05. The minimum absolute atomic E-state index is 0.115. The first-order valence-corrected chi connectivity index (χ1v) is 4.97. The molecule has 0 spiro atoms. The zero-order chi connectivity index (χ0) is 12.3. The molecule has 1 aromatic heterocycles. The molecule has 0 radical (unpaired) electrons. The molecule has 0 N–H and O–H groups in total. The summed E-state index contributed by atoms with van der Waals surface area (Å²) in [6, 6.07) is 1.16. The molecule has 0 amide bonds. The molecule has 1 aromatic rings. The molecule has 0 fully saturated rings. The SMILES string of the molecule is COC(=O)c1c(C)cc(C(F)F)nc1CCl. The first kappa shape index (κ1) is 12.8. The molecule has 3 nitrogen and oxygen atoms in total. The number of nitrogens with zero attached hydrogens (tertiary/aromatic N) is 1. The normalized spacial score (nSPS) is 10.6. The van der Waals surface area contributed by atoms with Crippen molar-refractivity contribution in [2.24, 2.45) is 0 Å². The zero-order valence-electron chi connectivity index (χ0n) is 8.76. The van der Waals surface area contributed by atoms with E-state index in [0.717, 1.165) is 6.07 Å². The maximum atomic E-state index is 12.5. The number of carbonyl (C=O) groups is 1. The van der Waals surface area contributed by atoms with Crippen LogP contribution in [0.3, 0.4) is 0 Å². The highest BCUT2D eigenvalue weighted by Gasteiger charge is 2.20. The highest BCUT2D eigenvalue weighted by molar-refractivity contribution is 6.17. The van der Waals surface area contributed by atoms with Crippen molar-refractivity contribution < 1.29 is 18.3 Å².